The smallest absolute Gasteiger partial charge is 0.251 e. The Bertz CT molecular complexity index is 1240. The monoisotopic (exact) mass is 489 g/mol. The molecule has 1 N–H and O–H groups in total. The summed E-state index contributed by atoms with van der Waals surface area (Å²) in [5.74, 6) is 1.25. The number of nitrogens with one attached hydrogen (secondary N) is 1. The van der Waals surface area contributed by atoms with E-state index < -0.39 is 0 Å². The number of aromatic nitrogens is 3. The van der Waals surface area contributed by atoms with Crippen LogP contribution in [0.3, 0.4) is 0 Å². The van der Waals surface area contributed by atoms with E-state index in [-0.39, 0.29) is 5.91 Å². The van der Waals surface area contributed by atoms with Gasteiger partial charge in [0.25, 0.3) is 5.91 Å². The predicted molar refractivity (Wildman–Crippen MR) is 137 cm³/mol. The number of hydrogen-bond donors (Lipinski definition) is 1. The zero-order valence-electron chi connectivity index (χ0n) is 18.7. The Morgan fingerprint density at radius 2 is 1.76 bits per heavy atom. The number of rotatable bonds is 9. The molecule has 172 valence electrons. The summed E-state index contributed by atoms with van der Waals surface area (Å²) in [5, 5.41) is 3.92. The Hall–Kier alpha value is -3.42. The molecule has 0 unspecified atom stereocenters. The van der Waals surface area contributed by atoms with Crippen LogP contribution in [0.25, 0.3) is 0 Å². The summed E-state index contributed by atoms with van der Waals surface area (Å²) in [5.41, 5.74) is 3.75. The number of thioether (sulfide) groups is 1. The maximum atomic E-state index is 12.6. The second kappa shape index (κ2) is 11.6. The lowest BCUT2D eigenvalue weighted by molar-refractivity contribution is 0.0951. The fraction of sp³-hybridized carbons (Fsp3) is 0.154. The van der Waals surface area contributed by atoms with Gasteiger partial charge >= 0.3 is 0 Å². The number of anilines is 1. The normalized spacial score (nSPS) is 10.6. The molecule has 0 saturated carbocycles. The van der Waals surface area contributed by atoms with Gasteiger partial charge in [-0.1, -0.05) is 71.9 Å². The Morgan fingerprint density at radius 3 is 2.56 bits per heavy atom. The van der Waals surface area contributed by atoms with Gasteiger partial charge in [0.05, 0.1) is 0 Å². The minimum absolute atomic E-state index is 0.125. The summed E-state index contributed by atoms with van der Waals surface area (Å²) in [6, 6.07) is 23.3. The Kier molecular flexibility index (Phi) is 8.12. The van der Waals surface area contributed by atoms with E-state index >= 15 is 0 Å². The van der Waals surface area contributed by atoms with Gasteiger partial charge in [-0.3, -0.25) is 9.78 Å². The van der Waals surface area contributed by atoms with E-state index in [1.807, 2.05) is 60.5 Å². The molecule has 2 aromatic heterocycles. The van der Waals surface area contributed by atoms with Crippen molar-refractivity contribution in [3.63, 3.8) is 0 Å². The minimum Gasteiger partial charge on any atom is -0.355 e. The molecule has 1 amide bonds. The average Bonchev–Trinajstić information content (AvgIpc) is 2.87. The van der Waals surface area contributed by atoms with Crippen molar-refractivity contribution in [3.05, 3.63) is 113 Å². The molecule has 0 aliphatic carbocycles. The molecule has 0 aliphatic heterocycles. The third-order valence-electron chi connectivity index (χ3n) is 5.05. The van der Waals surface area contributed by atoms with Crippen molar-refractivity contribution in [3.8, 4) is 0 Å². The molecule has 0 atom stereocenters. The van der Waals surface area contributed by atoms with Crippen molar-refractivity contribution in [2.75, 3.05) is 11.9 Å². The van der Waals surface area contributed by atoms with Crippen LogP contribution in [0.5, 0.6) is 0 Å². The summed E-state index contributed by atoms with van der Waals surface area (Å²) in [6.45, 7) is 1.15. The van der Waals surface area contributed by atoms with Crippen LogP contribution >= 0.6 is 23.4 Å². The van der Waals surface area contributed by atoms with Gasteiger partial charge in [0.1, 0.15) is 11.0 Å². The molecule has 0 saturated heterocycles. The average molecular weight is 490 g/mol. The van der Waals surface area contributed by atoms with E-state index in [9.17, 15) is 4.79 Å². The van der Waals surface area contributed by atoms with Gasteiger partial charge < -0.3 is 10.2 Å². The highest BCUT2D eigenvalue weighted by Crippen LogP contribution is 2.25. The van der Waals surface area contributed by atoms with E-state index in [1.165, 1.54) is 17.3 Å². The number of hydrogen-bond acceptors (Lipinski definition) is 6. The second-order valence-electron chi connectivity index (χ2n) is 7.71. The molecule has 0 bridgehead atoms. The molecular formula is C26H24ClN5OS. The quantitative estimate of drug-likeness (QED) is 0.193. The summed E-state index contributed by atoms with van der Waals surface area (Å²) in [4.78, 5) is 27.7. The number of pyridine rings is 1. The summed E-state index contributed by atoms with van der Waals surface area (Å²) >= 11 is 7.77. The number of amides is 1. The summed E-state index contributed by atoms with van der Waals surface area (Å²) in [7, 11) is 1.98. The van der Waals surface area contributed by atoms with Crippen molar-refractivity contribution < 1.29 is 4.79 Å². The first-order chi connectivity index (χ1) is 16.6. The molecule has 4 aromatic rings. The van der Waals surface area contributed by atoms with Crippen molar-refractivity contribution in [2.24, 2.45) is 0 Å². The van der Waals surface area contributed by atoms with Gasteiger partial charge in [-0.05, 0) is 34.9 Å². The van der Waals surface area contributed by atoms with E-state index in [0.717, 1.165) is 16.9 Å². The van der Waals surface area contributed by atoms with Crippen LogP contribution in [-0.2, 0) is 18.8 Å². The van der Waals surface area contributed by atoms with E-state index in [0.29, 0.717) is 34.7 Å². The van der Waals surface area contributed by atoms with Crippen LogP contribution in [0.1, 0.15) is 27.0 Å². The zero-order valence-corrected chi connectivity index (χ0v) is 20.3. The molecular weight excluding hydrogens is 466 g/mol. The lowest BCUT2D eigenvalue weighted by atomic mass is 10.1. The van der Waals surface area contributed by atoms with Gasteiger partial charge in [-0.25, -0.2) is 9.97 Å². The number of carbonyl (C=O) groups is 1. The molecule has 0 fully saturated rings. The highest BCUT2D eigenvalue weighted by Gasteiger charge is 2.11. The van der Waals surface area contributed by atoms with E-state index in [2.05, 4.69) is 32.4 Å². The standard InChI is InChI=1S/C26H24ClN5OS/c1-32(17-19-7-3-2-4-8-19)24-14-23(27)30-26(31-24)34-18-20-9-5-11-22(13-20)25(33)29-16-21-10-6-12-28-15-21/h2-15H,16-18H2,1H3,(H,29,33). The van der Waals surface area contributed by atoms with Crippen LogP contribution in [0, 0.1) is 0 Å². The van der Waals surface area contributed by atoms with Gasteiger partial charge in [0.15, 0.2) is 5.16 Å². The first-order valence-corrected chi connectivity index (χ1v) is 12.1. The third-order valence-corrected chi connectivity index (χ3v) is 6.16. The van der Waals surface area contributed by atoms with Crippen molar-refractivity contribution in [2.45, 2.75) is 24.0 Å². The highest BCUT2D eigenvalue weighted by molar-refractivity contribution is 7.98. The van der Waals surface area contributed by atoms with Gasteiger partial charge in [-0.15, -0.1) is 0 Å². The van der Waals surface area contributed by atoms with E-state index in [1.54, 1.807) is 24.5 Å². The number of carbonyl (C=O) groups excluding carboxylic acids is 1. The van der Waals surface area contributed by atoms with Crippen LogP contribution in [0.15, 0.2) is 90.3 Å². The number of nitrogens with zero attached hydrogens (tertiary/aromatic N) is 4. The van der Waals surface area contributed by atoms with Gasteiger partial charge in [0.2, 0.25) is 0 Å². The molecule has 0 aliphatic rings. The number of halogens is 1. The minimum atomic E-state index is -0.125. The molecule has 8 heteroatoms. The Labute approximate surface area is 208 Å². The van der Waals surface area contributed by atoms with Crippen molar-refractivity contribution >= 4 is 35.1 Å². The van der Waals surface area contributed by atoms with Crippen LogP contribution in [0.4, 0.5) is 5.82 Å². The van der Waals surface area contributed by atoms with Crippen molar-refractivity contribution in [1.29, 1.82) is 0 Å². The van der Waals surface area contributed by atoms with Crippen molar-refractivity contribution in [1.82, 2.24) is 20.3 Å². The first kappa shape index (κ1) is 23.7. The molecule has 4 rings (SSSR count). The largest absolute Gasteiger partial charge is 0.355 e. The lowest BCUT2D eigenvalue weighted by Gasteiger charge is -2.19. The van der Waals surface area contributed by atoms with Gasteiger partial charge in [-0.2, -0.15) is 0 Å². The van der Waals surface area contributed by atoms with Crippen LogP contribution in [-0.4, -0.2) is 27.9 Å². The molecule has 0 spiro atoms. The third kappa shape index (κ3) is 6.79. The van der Waals surface area contributed by atoms with Crippen LogP contribution < -0.4 is 10.2 Å². The zero-order chi connectivity index (χ0) is 23.8. The molecule has 6 nitrogen and oxygen atoms in total. The predicted octanol–water partition coefficient (Wildman–Crippen LogP) is 5.38. The molecule has 2 aromatic carbocycles. The first-order valence-electron chi connectivity index (χ1n) is 10.8. The highest BCUT2D eigenvalue weighted by atomic mass is 35.5. The maximum absolute atomic E-state index is 12.6. The molecule has 34 heavy (non-hydrogen) atoms. The second-order valence-corrected chi connectivity index (χ2v) is 9.04. The topological polar surface area (TPSA) is 71.0 Å². The summed E-state index contributed by atoms with van der Waals surface area (Å²) in [6.07, 6.45) is 3.45. The summed E-state index contributed by atoms with van der Waals surface area (Å²) < 4.78 is 0. The van der Waals surface area contributed by atoms with E-state index in [4.69, 9.17) is 11.6 Å². The Balaban J connectivity index is 1.38. The maximum Gasteiger partial charge on any atom is 0.251 e. The lowest BCUT2D eigenvalue weighted by Crippen LogP contribution is -2.22. The SMILES string of the molecule is CN(Cc1ccccc1)c1cc(Cl)nc(SCc2cccc(C(=O)NCc3cccnc3)c2)n1. The molecule has 2 heterocycles. The number of benzene rings is 2. The van der Waals surface area contributed by atoms with Gasteiger partial charge in [0, 0.05) is 49.9 Å². The fourth-order valence-electron chi connectivity index (χ4n) is 3.32. The Morgan fingerprint density at radius 1 is 0.971 bits per heavy atom. The fourth-order valence-corrected chi connectivity index (χ4v) is 4.35. The molecule has 0 radical (unpaired) electrons. The van der Waals surface area contributed by atoms with Crippen LogP contribution in [0.2, 0.25) is 5.15 Å².